The minimum absolute atomic E-state index is 0.0628. The van der Waals surface area contributed by atoms with Crippen molar-refractivity contribution in [3.63, 3.8) is 0 Å². The first-order chi connectivity index (χ1) is 14.7. The maximum absolute atomic E-state index is 12.6. The lowest BCUT2D eigenvalue weighted by Gasteiger charge is -2.26. The number of morpholine rings is 1. The molecule has 0 atom stereocenters. The molecular formula is C21H21ClN4O3S. The van der Waals surface area contributed by atoms with Gasteiger partial charge in [-0.3, -0.25) is 9.36 Å². The molecule has 0 N–H and O–H groups in total. The number of amides is 1. The molecule has 1 amide bonds. The Labute approximate surface area is 183 Å². The van der Waals surface area contributed by atoms with Crippen LogP contribution in [0.25, 0.3) is 17.1 Å². The maximum Gasteiger partial charge on any atom is 0.233 e. The van der Waals surface area contributed by atoms with Crippen LogP contribution in [0.5, 0.6) is 5.75 Å². The van der Waals surface area contributed by atoms with Gasteiger partial charge in [0.25, 0.3) is 0 Å². The van der Waals surface area contributed by atoms with E-state index in [4.69, 9.17) is 21.1 Å². The molecule has 1 fully saturated rings. The third-order valence-corrected chi connectivity index (χ3v) is 5.92. The summed E-state index contributed by atoms with van der Waals surface area (Å²) in [7, 11) is 1.62. The number of nitrogens with zero attached hydrogens (tertiary/aromatic N) is 4. The molecule has 1 aliphatic heterocycles. The second-order valence-electron chi connectivity index (χ2n) is 6.60. The van der Waals surface area contributed by atoms with Gasteiger partial charge in [-0.15, -0.1) is 10.2 Å². The SMILES string of the molecule is COc1ccccc1-c1nnc(SCC(=O)N2CCOCC2)n1-c1ccc(Cl)cc1. The van der Waals surface area contributed by atoms with Gasteiger partial charge in [0.1, 0.15) is 5.75 Å². The van der Waals surface area contributed by atoms with Crippen LogP contribution in [0.2, 0.25) is 5.02 Å². The highest BCUT2D eigenvalue weighted by atomic mass is 35.5. The molecule has 4 rings (SSSR count). The Balaban J connectivity index is 1.67. The average Bonchev–Trinajstić information content (AvgIpc) is 3.22. The van der Waals surface area contributed by atoms with E-state index in [0.29, 0.717) is 48.1 Å². The number of halogens is 1. The zero-order valence-electron chi connectivity index (χ0n) is 16.5. The van der Waals surface area contributed by atoms with E-state index in [1.54, 1.807) is 7.11 Å². The molecule has 30 heavy (non-hydrogen) atoms. The van der Waals surface area contributed by atoms with Crippen LogP contribution in [0.15, 0.2) is 53.7 Å². The number of thioether (sulfide) groups is 1. The fraction of sp³-hybridized carbons (Fsp3) is 0.286. The quantitative estimate of drug-likeness (QED) is 0.541. The minimum atomic E-state index is 0.0628. The Morgan fingerprint density at radius 1 is 1.13 bits per heavy atom. The summed E-state index contributed by atoms with van der Waals surface area (Å²) in [6, 6.07) is 15.1. The zero-order valence-corrected chi connectivity index (χ0v) is 18.0. The average molecular weight is 445 g/mol. The minimum Gasteiger partial charge on any atom is -0.496 e. The highest BCUT2D eigenvalue weighted by molar-refractivity contribution is 7.99. The number of para-hydroxylation sites is 1. The van der Waals surface area contributed by atoms with E-state index < -0.39 is 0 Å². The summed E-state index contributed by atoms with van der Waals surface area (Å²) >= 11 is 7.44. The zero-order chi connectivity index (χ0) is 20.9. The van der Waals surface area contributed by atoms with E-state index in [1.165, 1.54) is 11.8 Å². The number of rotatable bonds is 6. The molecular weight excluding hydrogens is 424 g/mol. The summed E-state index contributed by atoms with van der Waals surface area (Å²) in [4.78, 5) is 14.4. The molecule has 0 aliphatic carbocycles. The smallest absolute Gasteiger partial charge is 0.233 e. The highest BCUT2D eigenvalue weighted by Gasteiger charge is 2.22. The van der Waals surface area contributed by atoms with Crippen LogP contribution in [0.3, 0.4) is 0 Å². The van der Waals surface area contributed by atoms with E-state index in [1.807, 2.05) is 58.0 Å². The van der Waals surface area contributed by atoms with Crippen molar-refractivity contribution in [2.24, 2.45) is 0 Å². The van der Waals surface area contributed by atoms with Gasteiger partial charge in [-0.1, -0.05) is 35.5 Å². The van der Waals surface area contributed by atoms with Crippen LogP contribution in [0.1, 0.15) is 0 Å². The molecule has 2 heterocycles. The van der Waals surface area contributed by atoms with Crippen LogP contribution in [0, 0.1) is 0 Å². The van der Waals surface area contributed by atoms with E-state index >= 15 is 0 Å². The van der Waals surface area contributed by atoms with Gasteiger partial charge in [-0.2, -0.15) is 0 Å². The molecule has 156 valence electrons. The van der Waals surface area contributed by atoms with Crippen LogP contribution in [0.4, 0.5) is 0 Å². The second kappa shape index (κ2) is 9.51. The molecule has 0 saturated carbocycles. The van der Waals surface area contributed by atoms with E-state index in [0.717, 1.165) is 11.3 Å². The lowest BCUT2D eigenvalue weighted by atomic mass is 10.2. The van der Waals surface area contributed by atoms with Crippen molar-refractivity contribution in [3.8, 4) is 22.8 Å². The molecule has 0 bridgehead atoms. The predicted octanol–water partition coefficient (Wildman–Crippen LogP) is 3.55. The molecule has 9 heteroatoms. The number of hydrogen-bond donors (Lipinski definition) is 0. The Morgan fingerprint density at radius 2 is 1.87 bits per heavy atom. The van der Waals surface area contributed by atoms with Gasteiger partial charge in [-0.05, 0) is 36.4 Å². The monoisotopic (exact) mass is 444 g/mol. The number of aromatic nitrogens is 3. The topological polar surface area (TPSA) is 69.5 Å². The molecule has 2 aromatic carbocycles. The van der Waals surface area contributed by atoms with Crippen LogP contribution < -0.4 is 4.74 Å². The summed E-state index contributed by atoms with van der Waals surface area (Å²) in [5.41, 5.74) is 1.67. The first-order valence-corrected chi connectivity index (χ1v) is 10.9. The van der Waals surface area contributed by atoms with Crippen LogP contribution in [-0.2, 0) is 9.53 Å². The first-order valence-electron chi connectivity index (χ1n) is 9.50. The first kappa shape index (κ1) is 20.7. The molecule has 0 spiro atoms. The lowest BCUT2D eigenvalue weighted by Crippen LogP contribution is -2.41. The Bertz CT molecular complexity index is 1020. The highest BCUT2D eigenvalue weighted by Crippen LogP contribution is 2.33. The molecule has 0 radical (unpaired) electrons. The van der Waals surface area contributed by atoms with Crippen molar-refractivity contribution in [1.82, 2.24) is 19.7 Å². The van der Waals surface area contributed by atoms with Crippen molar-refractivity contribution < 1.29 is 14.3 Å². The summed E-state index contributed by atoms with van der Waals surface area (Å²) in [6.07, 6.45) is 0. The number of hydrogen-bond acceptors (Lipinski definition) is 6. The van der Waals surface area contributed by atoms with Gasteiger partial charge in [0.2, 0.25) is 5.91 Å². The van der Waals surface area contributed by atoms with E-state index in [9.17, 15) is 4.79 Å². The van der Waals surface area contributed by atoms with Crippen molar-refractivity contribution in [3.05, 3.63) is 53.6 Å². The summed E-state index contributed by atoms with van der Waals surface area (Å²) in [6.45, 7) is 2.40. The van der Waals surface area contributed by atoms with Gasteiger partial charge >= 0.3 is 0 Å². The van der Waals surface area contributed by atoms with E-state index in [-0.39, 0.29) is 11.7 Å². The second-order valence-corrected chi connectivity index (χ2v) is 7.98. The number of carbonyl (C=O) groups is 1. The molecule has 3 aromatic rings. The van der Waals surface area contributed by atoms with E-state index in [2.05, 4.69) is 10.2 Å². The Kier molecular flexibility index (Phi) is 6.56. The third-order valence-electron chi connectivity index (χ3n) is 4.75. The van der Waals surface area contributed by atoms with Crippen molar-refractivity contribution in [2.45, 2.75) is 5.16 Å². The van der Waals surface area contributed by atoms with Gasteiger partial charge in [0.05, 0.1) is 31.6 Å². The number of carbonyl (C=O) groups excluding carboxylic acids is 1. The van der Waals surface area contributed by atoms with Crippen molar-refractivity contribution in [2.75, 3.05) is 39.2 Å². The Morgan fingerprint density at radius 3 is 2.60 bits per heavy atom. The molecule has 7 nitrogen and oxygen atoms in total. The van der Waals surface area contributed by atoms with Crippen LogP contribution >= 0.6 is 23.4 Å². The molecule has 1 aromatic heterocycles. The number of benzene rings is 2. The van der Waals surface area contributed by atoms with Gasteiger partial charge < -0.3 is 14.4 Å². The van der Waals surface area contributed by atoms with Crippen molar-refractivity contribution in [1.29, 1.82) is 0 Å². The van der Waals surface area contributed by atoms with Crippen LogP contribution in [-0.4, -0.2) is 64.7 Å². The molecule has 1 saturated heterocycles. The predicted molar refractivity (Wildman–Crippen MR) is 116 cm³/mol. The lowest BCUT2D eigenvalue weighted by molar-refractivity contribution is -0.132. The molecule has 0 unspecified atom stereocenters. The van der Waals surface area contributed by atoms with Crippen molar-refractivity contribution >= 4 is 29.3 Å². The fourth-order valence-electron chi connectivity index (χ4n) is 3.22. The van der Waals surface area contributed by atoms with Gasteiger partial charge in [0.15, 0.2) is 11.0 Å². The number of ether oxygens (including phenoxy) is 2. The summed E-state index contributed by atoms with van der Waals surface area (Å²) < 4.78 is 12.8. The van der Waals surface area contributed by atoms with Gasteiger partial charge in [0, 0.05) is 23.8 Å². The summed E-state index contributed by atoms with van der Waals surface area (Å²) in [5, 5.41) is 10.1. The number of methoxy groups -OCH3 is 1. The summed E-state index contributed by atoms with van der Waals surface area (Å²) in [5.74, 6) is 1.67. The van der Waals surface area contributed by atoms with Gasteiger partial charge in [-0.25, -0.2) is 0 Å². The fourth-order valence-corrected chi connectivity index (χ4v) is 4.20. The Hall–Kier alpha value is -2.55. The largest absolute Gasteiger partial charge is 0.496 e. The maximum atomic E-state index is 12.6. The molecule has 1 aliphatic rings. The standard InChI is InChI=1S/C21H21ClN4O3S/c1-28-18-5-3-2-4-17(18)20-23-24-21(26(20)16-8-6-15(22)7-9-16)30-14-19(27)25-10-12-29-13-11-25/h2-9H,10-14H2,1H3. The normalized spacial score (nSPS) is 14.0. The third kappa shape index (κ3) is 4.45.